The summed E-state index contributed by atoms with van der Waals surface area (Å²) >= 11 is 5.97. The van der Waals surface area contributed by atoms with E-state index in [1.807, 2.05) is 32.9 Å². The minimum absolute atomic E-state index is 0.0155. The lowest BCUT2D eigenvalue weighted by Gasteiger charge is -2.20. The fourth-order valence-electron chi connectivity index (χ4n) is 2.83. The molecule has 3 aromatic rings. The Morgan fingerprint density at radius 1 is 1.21 bits per heavy atom. The van der Waals surface area contributed by atoms with E-state index >= 15 is 0 Å². The van der Waals surface area contributed by atoms with Crippen LogP contribution in [-0.2, 0) is 16.1 Å². The predicted molar refractivity (Wildman–Crippen MR) is 107 cm³/mol. The van der Waals surface area contributed by atoms with Crippen molar-refractivity contribution in [3.63, 3.8) is 0 Å². The van der Waals surface area contributed by atoms with Crippen molar-refractivity contribution in [2.75, 3.05) is 0 Å². The Kier molecular flexibility index (Phi) is 5.99. The summed E-state index contributed by atoms with van der Waals surface area (Å²) in [6, 6.07) is 9.99. The summed E-state index contributed by atoms with van der Waals surface area (Å²) in [7, 11) is 0. The molecule has 1 amide bonds. The minimum atomic E-state index is -0.750. The molecule has 1 aromatic carbocycles. The first kappa shape index (κ1) is 19.9. The van der Waals surface area contributed by atoms with E-state index in [4.69, 9.17) is 16.3 Å². The molecule has 0 fully saturated rings. The molecule has 0 saturated carbocycles. The summed E-state index contributed by atoms with van der Waals surface area (Å²) in [4.78, 5) is 29.4. The second kappa shape index (κ2) is 8.44. The Morgan fingerprint density at radius 3 is 2.71 bits per heavy atom. The van der Waals surface area contributed by atoms with Gasteiger partial charge in [0, 0.05) is 18.0 Å². The maximum atomic E-state index is 12.6. The van der Waals surface area contributed by atoms with Crippen LogP contribution in [0.1, 0.15) is 35.5 Å². The summed E-state index contributed by atoms with van der Waals surface area (Å²) in [5, 5.41) is 3.36. The van der Waals surface area contributed by atoms with Gasteiger partial charge in [-0.2, -0.15) is 0 Å². The average molecular weight is 400 g/mol. The van der Waals surface area contributed by atoms with E-state index in [1.54, 1.807) is 41.1 Å². The number of esters is 1. The first-order valence-electron chi connectivity index (χ1n) is 9.01. The molecule has 0 aliphatic rings. The molecule has 0 radical (unpaired) electrons. The predicted octanol–water partition coefficient (Wildman–Crippen LogP) is 3.79. The van der Waals surface area contributed by atoms with Gasteiger partial charge in [-0.25, -0.2) is 9.78 Å². The molecular weight excluding hydrogens is 378 g/mol. The van der Waals surface area contributed by atoms with Crippen LogP contribution < -0.4 is 5.32 Å². The van der Waals surface area contributed by atoms with Crippen molar-refractivity contribution in [3.05, 3.63) is 70.6 Å². The Labute approximate surface area is 168 Å². The number of hydrogen-bond acceptors (Lipinski definition) is 4. The zero-order valence-electron chi connectivity index (χ0n) is 16.0. The molecule has 0 saturated heterocycles. The van der Waals surface area contributed by atoms with Gasteiger partial charge in [-0.05, 0) is 37.1 Å². The van der Waals surface area contributed by atoms with E-state index in [9.17, 15) is 9.59 Å². The normalized spacial score (nSPS) is 12.2. The molecule has 3 rings (SSSR count). The van der Waals surface area contributed by atoms with Crippen molar-refractivity contribution < 1.29 is 14.3 Å². The molecule has 6 nitrogen and oxygen atoms in total. The van der Waals surface area contributed by atoms with Crippen LogP contribution in [0.4, 0.5) is 0 Å². The van der Waals surface area contributed by atoms with Gasteiger partial charge in [0.1, 0.15) is 18.3 Å². The third-order valence-electron chi connectivity index (χ3n) is 4.31. The van der Waals surface area contributed by atoms with Crippen LogP contribution in [-0.4, -0.2) is 27.3 Å². The molecule has 1 N–H and O–H groups in total. The Hall–Kier alpha value is -2.86. The fraction of sp³-hybridized carbons (Fsp3) is 0.286. The highest BCUT2D eigenvalue weighted by atomic mass is 35.5. The van der Waals surface area contributed by atoms with Crippen LogP contribution >= 0.6 is 11.6 Å². The van der Waals surface area contributed by atoms with Gasteiger partial charge in [0.15, 0.2) is 0 Å². The lowest BCUT2D eigenvalue weighted by molar-refractivity contribution is -0.148. The molecule has 7 heteroatoms. The molecule has 0 bridgehead atoms. The number of pyridine rings is 1. The summed E-state index contributed by atoms with van der Waals surface area (Å²) in [6.07, 6.45) is 3.48. The minimum Gasteiger partial charge on any atom is -0.458 e. The van der Waals surface area contributed by atoms with Crippen LogP contribution in [0.2, 0.25) is 5.02 Å². The lowest BCUT2D eigenvalue weighted by atomic mass is 10.0. The largest absolute Gasteiger partial charge is 0.458 e. The standard InChI is InChI=1S/C21H22ClN3O3/c1-13(2)19(24-20(26)15-6-4-5-14(3)9-15)21(27)28-12-17-11-25-10-16(22)7-8-18(25)23-17/h4-11,13,19H,12H2,1-3H3,(H,24,26)/t19-/m1/s1. The van der Waals surface area contributed by atoms with E-state index in [0.29, 0.717) is 21.9 Å². The lowest BCUT2D eigenvalue weighted by Crippen LogP contribution is -2.45. The number of aromatic nitrogens is 2. The second-order valence-electron chi connectivity index (χ2n) is 7.02. The highest BCUT2D eigenvalue weighted by Gasteiger charge is 2.26. The van der Waals surface area contributed by atoms with Gasteiger partial charge in [0.2, 0.25) is 0 Å². The van der Waals surface area contributed by atoms with Crippen molar-refractivity contribution in [2.45, 2.75) is 33.4 Å². The van der Waals surface area contributed by atoms with Crippen molar-refractivity contribution in [2.24, 2.45) is 5.92 Å². The van der Waals surface area contributed by atoms with E-state index in [-0.39, 0.29) is 18.4 Å². The third-order valence-corrected chi connectivity index (χ3v) is 4.54. The highest BCUT2D eigenvalue weighted by Crippen LogP contribution is 2.13. The monoisotopic (exact) mass is 399 g/mol. The quantitative estimate of drug-likeness (QED) is 0.640. The van der Waals surface area contributed by atoms with Crippen LogP contribution in [0.15, 0.2) is 48.8 Å². The third kappa shape index (κ3) is 4.70. The number of carbonyl (C=O) groups excluding carboxylic acids is 2. The average Bonchev–Trinajstić information content (AvgIpc) is 3.05. The number of benzene rings is 1. The molecule has 0 aliphatic carbocycles. The molecule has 2 aromatic heterocycles. The van der Waals surface area contributed by atoms with Gasteiger partial charge >= 0.3 is 5.97 Å². The number of ether oxygens (including phenoxy) is 1. The van der Waals surface area contributed by atoms with Crippen LogP contribution in [0.5, 0.6) is 0 Å². The van der Waals surface area contributed by atoms with E-state index < -0.39 is 12.0 Å². The number of amides is 1. The van der Waals surface area contributed by atoms with Crippen molar-refractivity contribution >= 4 is 29.1 Å². The first-order valence-corrected chi connectivity index (χ1v) is 9.38. The molecule has 0 unspecified atom stereocenters. The molecule has 1 atom stereocenters. The Bertz CT molecular complexity index is 1010. The zero-order chi connectivity index (χ0) is 20.3. The summed E-state index contributed by atoms with van der Waals surface area (Å²) in [5.41, 5.74) is 2.80. The number of fused-ring (bicyclic) bond motifs is 1. The Morgan fingerprint density at radius 2 is 2.00 bits per heavy atom. The number of aryl methyl sites for hydroxylation is 1. The summed E-state index contributed by atoms with van der Waals surface area (Å²) in [6.45, 7) is 5.64. The zero-order valence-corrected chi connectivity index (χ0v) is 16.7. The number of nitrogens with zero attached hydrogens (tertiary/aromatic N) is 2. The van der Waals surface area contributed by atoms with Gasteiger partial charge < -0.3 is 14.5 Å². The molecular formula is C21H22ClN3O3. The molecule has 0 spiro atoms. The van der Waals surface area contributed by atoms with Gasteiger partial charge in [-0.3, -0.25) is 4.79 Å². The van der Waals surface area contributed by atoms with Crippen LogP contribution in [0.3, 0.4) is 0 Å². The highest BCUT2D eigenvalue weighted by molar-refractivity contribution is 6.30. The number of hydrogen-bond donors (Lipinski definition) is 1. The van der Waals surface area contributed by atoms with Crippen molar-refractivity contribution in [3.8, 4) is 0 Å². The number of imidazole rings is 1. The number of carbonyl (C=O) groups is 2. The molecule has 0 aliphatic heterocycles. The van der Waals surface area contributed by atoms with Crippen molar-refractivity contribution in [1.29, 1.82) is 0 Å². The van der Waals surface area contributed by atoms with Gasteiger partial charge in [-0.15, -0.1) is 0 Å². The second-order valence-corrected chi connectivity index (χ2v) is 7.45. The van der Waals surface area contributed by atoms with Gasteiger partial charge in [0.05, 0.1) is 10.7 Å². The summed E-state index contributed by atoms with van der Waals surface area (Å²) < 4.78 is 7.18. The Balaban J connectivity index is 1.66. The van der Waals surface area contributed by atoms with Crippen LogP contribution in [0, 0.1) is 12.8 Å². The first-order chi connectivity index (χ1) is 13.3. The fourth-order valence-corrected chi connectivity index (χ4v) is 3.00. The SMILES string of the molecule is Cc1cccc(C(=O)N[C@@H](C(=O)OCc2cn3cc(Cl)ccc3n2)C(C)C)c1. The molecule has 2 heterocycles. The van der Waals surface area contributed by atoms with E-state index in [1.165, 1.54) is 0 Å². The number of halogens is 1. The maximum Gasteiger partial charge on any atom is 0.329 e. The van der Waals surface area contributed by atoms with Gasteiger partial charge in [0.25, 0.3) is 5.91 Å². The number of rotatable bonds is 6. The maximum absolute atomic E-state index is 12.6. The van der Waals surface area contributed by atoms with Crippen molar-refractivity contribution in [1.82, 2.24) is 14.7 Å². The van der Waals surface area contributed by atoms with E-state index in [0.717, 1.165) is 5.56 Å². The summed E-state index contributed by atoms with van der Waals surface area (Å²) in [5.74, 6) is -0.922. The smallest absolute Gasteiger partial charge is 0.329 e. The molecule has 146 valence electrons. The number of nitrogens with one attached hydrogen (secondary N) is 1. The topological polar surface area (TPSA) is 72.7 Å². The van der Waals surface area contributed by atoms with E-state index in [2.05, 4.69) is 10.3 Å². The van der Waals surface area contributed by atoms with Gasteiger partial charge in [-0.1, -0.05) is 43.1 Å². The molecule has 28 heavy (non-hydrogen) atoms. The van der Waals surface area contributed by atoms with Crippen LogP contribution in [0.25, 0.3) is 5.65 Å².